The maximum Gasteiger partial charge on any atom is 0.274 e. The van der Waals surface area contributed by atoms with E-state index >= 15 is 0 Å². The molecule has 9 heteroatoms. The van der Waals surface area contributed by atoms with Gasteiger partial charge in [0.2, 0.25) is 5.89 Å². The maximum atomic E-state index is 12.7. The Morgan fingerprint density at radius 2 is 2.00 bits per heavy atom. The average molecular weight is 372 g/mol. The van der Waals surface area contributed by atoms with Crippen molar-refractivity contribution in [2.24, 2.45) is 0 Å². The number of amides is 1. The normalized spacial score (nSPS) is 20.5. The molecule has 2 aliphatic heterocycles. The smallest absolute Gasteiger partial charge is 0.274 e. The molecule has 0 unspecified atom stereocenters. The third-order valence-electron chi connectivity index (χ3n) is 4.95. The molecule has 1 amide bonds. The van der Waals surface area contributed by atoms with Gasteiger partial charge in [-0.3, -0.25) is 9.78 Å². The molecular formula is C18H24N6O3. The highest BCUT2D eigenvalue weighted by Gasteiger charge is 2.33. The summed E-state index contributed by atoms with van der Waals surface area (Å²) in [5.41, 5.74) is 0.355. The zero-order valence-electron chi connectivity index (χ0n) is 15.7. The fourth-order valence-corrected chi connectivity index (χ4v) is 3.44. The van der Waals surface area contributed by atoms with E-state index in [1.165, 1.54) is 6.20 Å². The minimum absolute atomic E-state index is 0.0342. The SMILES string of the molecule is CC(C)c1noc([C@@H]2CCCN2c2cncc(C(=O)N3CCOCC3)n2)n1. The third-order valence-corrected chi connectivity index (χ3v) is 4.95. The van der Waals surface area contributed by atoms with Crippen LogP contribution in [0.5, 0.6) is 0 Å². The van der Waals surface area contributed by atoms with Gasteiger partial charge in [-0.1, -0.05) is 19.0 Å². The zero-order valence-corrected chi connectivity index (χ0v) is 15.7. The van der Waals surface area contributed by atoms with Crippen molar-refractivity contribution in [1.29, 1.82) is 0 Å². The Kier molecular flexibility index (Phi) is 5.02. The Balaban J connectivity index is 1.55. The van der Waals surface area contributed by atoms with E-state index < -0.39 is 0 Å². The summed E-state index contributed by atoms with van der Waals surface area (Å²) in [6, 6.07) is -0.0342. The Morgan fingerprint density at radius 3 is 2.74 bits per heavy atom. The van der Waals surface area contributed by atoms with Crippen LogP contribution in [-0.4, -0.2) is 63.8 Å². The molecule has 0 spiro atoms. The maximum absolute atomic E-state index is 12.7. The van der Waals surface area contributed by atoms with Gasteiger partial charge in [-0.2, -0.15) is 4.98 Å². The van der Waals surface area contributed by atoms with Gasteiger partial charge in [-0.25, -0.2) is 4.98 Å². The summed E-state index contributed by atoms with van der Waals surface area (Å²) >= 11 is 0. The first kappa shape index (κ1) is 17.8. The van der Waals surface area contributed by atoms with Crippen molar-refractivity contribution < 1.29 is 14.1 Å². The highest BCUT2D eigenvalue weighted by Crippen LogP contribution is 2.34. The van der Waals surface area contributed by atoms with Gasteiger partial charge in [0.15, 0.2) is 5.82 Å². The largest absolute Gasteiger partial charge is 0.378 e. The van der Waals surface area contributed by atoms with Crippen LogP contribution in [-0.2, 0) is 4.74 Å². The molecule has 0 aromatic carbocycles. The molecule has 0 N–H and O–H groups in total. The molecule has 0 aliphatic carbocycles. The molecule has 0 radical (unpaired) electrons. The van der Waals surface area contributed by atoms with Crippen molar-refractivity contribution in [3.8, 4) is 0 Å². The van der Waals surface area contributed by atoms with Gasteiger partial charge in [-0.15, -0.1) is 0 Å². The Morgan fingerprint density at radius 1 is 1.19 bits per heavy atom. The van der Waals surface area contributed by atoms with Crippen molar-refractivity contribution in [3.05, 3.63) is 29.8 Å². The predicted octanol–water partition coefficient (Wildman–Crippen LogP) is 1.80. The number of hydrogen-bond acceptors (Lipinski definition) is 8. The van der Waals surface area contributed by atoms with Crippen LogP contribution in [0.4, 0.5) is 5.82 Å². The molecule has 0 bridgehead atoms. The first-order valence-electron chi connectivity index (χ1n) is 9.42. The number of carbonyl (C=O) groups is 1. The van der Waals surface area contributed by atoms with Crippen LogP contribution in [0.25, 0.3) is 0 Å². The molecule has 4 heterocycles. The van der Waals surface area contributed by atoms with E-state index in [2.05, 4.69) is 25.0 Å². The lowest BCUT2D eigenvalue weighted by atomic mass is 10.2. The number of aromatic nitrogens is 4. The van der Waals surface area contributed by atoms with Crippen LogP contribution in [0.15, 0.2) is 16.9 Å². The molecule has 2 aromatic heterocycles. The molecule has 2 aromatic rings. The Bertz CT molecular complexity index is 802. The standard InChI is InChI=1S/C18H24N6O3/c1-12(2)16-21-17(27-22-16)14-4-3-5-24(14)15-11-19-10-13(20-15)18(25)23-6-8-26-9-7-23/h10-12,14H,3-9H2,1-2H3/t14-/m0/s1. The van der Waals surface area contributed by atoms with Gasteiger partial charge in [0.25, 0.3) is 5.91 Å². The zero-order chi connectivity index (χ0) is 18.8. The van der Waals surface area contributed by atoms with Crippen LogP contribution in [0.1, 0.15) is 60.9 Å². The lowest BCUT2D eigenvalue weighted by molar-refractivity contribution is 0.0299. The van der Waals surface area contributed by atoms with E-state index in [0.717, 1.165) is 19.4 Å². The van der Waals surface area contributed by atoms with Crippen LogP contribution in [0.2, 0.25) is 0 Å². The van der Waals surface area contributed by atoms with Gasteiger partial charge in [0, 0.05) is 25.6 Å². The van der Waals surface area contributed by atoms with Gasteiger partial charge in [0.05, 0.1) is 25.6 Å². The number of morpholine rings is 1. The number of carbonyl (C=O) groups excluding carboxylic acids is 1. The Hall–Kier alpha value is -2.55. The van der Waals surface area contributed by atoms with E-state index in [4.69, 9.17) is 9.26 Å². The van der Waals surface area contributed by atoms with E-state index in [0.29, 0.717) is 49.5 Å². The topological polar surface area (TPSA) is 97.5 Å². The summed E-state index contributed by atoms with van der Waals surface area (Å²) < 4.78 is 10.8. The molecule has 4 rings (SSSR count). The van der Waals surface area contributed by atoms with Crippen LogP contribution >= 0.6 is 0 Å². The first-order valence-corrected chi connectivity index (χ1v) is 9.42. The molecule has 2 fully saturated rings. The number of hydrogen-bond donors (Lipinski definition) is 0. The van der Waals surface area contributed by atoms with E-state index in [1.54, 1.807) is 11.1 Å². The first-order chi connectivity index (χ1) is 13.1. The molecule has 2 aliphatic rings. The number of anilines is 1. The molecule has 144 valence electrons. The Labute approximate surface area is 157 Å². The molecule has 9 nitrogen and oxygen atoms in total. The van der Waals surface area contributed by atoms with Gasteiger partial charge in [0.1, 0.15) is 17.6 Å². The number of nitrogens with zero attached hydrogens (tertiary/aromatic N) is 6. The van der Waals surface area contributed by atoms with E-state index in [9.17, 15) is 4.79 Å². The van der Waals surface area contributed by atoms with Crippen molar-refractivity contribution in [2.45, 2.75) is 38.6 Å². The monoisotopic (exact) mass is 372 g/mol. The molecule has 0 saturated carbocycles. The summed E-state index contributed by atoms with van der Waals surface area (Å²) in [7, 11) is 0. The number of ether oxygens (including phenoxy) is 1. The molecule has 2 saturated heterocycles. The lowest BCUT2D eigenvalue weighted by Gasteiger charge is -2.27. The highest BCUT2D eigenvalue weighted by atomic mass is 16.5. The second-order valence-corrected chi connectivity index (χ2v) is 7.16. The quantitative estimate of drug-likeness (QED) is 0.801. The minimum Gasteiger partial charge on any atom is -0.378 e. The summed E-state index contributed by atoms with van der Waals surface area (Å²) in [4.78, 5) is 29.9. The number of rotatable bonds is 4. The van der Waals surface area contributed by atoms with E-state index in [1.807, 2.05) is 13.8 Å². The summed E-state index contributed by atoms with van der Waals surface area (Å²) in [5, 5.41) is 4.07. The summed E-state index contributed by atoms with van der Waals surface area (Å²) in [6.07, 6.45) is 5.11. The van der Waals surface area contributed by atoms with Crippen LogP contribution < -0.4 is 4.90 Å². The van der Waals surface area contributed by atoms with Crippen molar-refractivity contribution >= 4 is 11.7 Å². The second-order valence-electron chi connectivity index (χ2n) is 7.16. The van der Waals surface area contributed by atoms with Crippen molar-refractivity contribution in [2.75, 3.05) is 37.7 Å². The average Bonchev–Trinajstić information content (AvgIpc) is 3.37. The fraction of sp³-hybridized carbons (Fsp3) is 0.611. The minimum atomic E-state index is -0.108. The van der Waals surface area contributed by atoms with Crippen LogP contribution in [0, 0.1) is 0 Å². The lowest BCUT2D eigenvalue weighted by Crippen LogP contribution is -2.41. The molecule has 1 atom stereocenters. The van der Waals surface area contributed by atoms with Crippen molar-refractivity contribution in [1.82, 2.24) is 25.0 Å². The summed E-state index contributed by atoms with van der Waals surface area (Å²) in [6.45, 7) is 7.16. The summed E-state index contributed by atoms with van der Waals surface area (Å²) in [5.74, 6) is 2.08. The van der Waals surface area contributed by atoms with Crippen LogP contribution in [0.3, 0.4) is 0 Å². The van der Waals surface area contributed by atoms with Gasteiger partial charge in [-0.05, 0) is 12.8 Å². The van der Waals surface area contributed by atoms with Gasteiger partial charge < -0.3 is 19.1 Å². The third kappa shape index (κ3) is 3.64. The van der Waals surface area contributed by atoms with E-state index in [-0.39, 0.29) is 17.9 Å². The highest BCUT2D eigenvalue weighted by molar-refractivity contribution is 5.92. The molecular weight excluding hydrogens is 348 g/mol. The van der Waals surface area contributed by atoms with Gasteiger partial charge >= 0.3 is 0 Å². The fourth-order valence-electron chi connectivity index (χ4n) is 3.44. The molecule has 27 heavy (non-hydrogen) atoms. The van der Waals surface area contributed by atoms with Crippen molar-refractivity contribution in [3.63, 3.8) is 0 Å². The predicted molar refractivity (Wildman–Crippen MR) is 96.5 cm³/mol. The second kappa shape index (κ2) is 7.59.